The molecule has 88 heavy (non-hydrogen) atoms. The molecular weight excluding hydrogens is 1110 g/mol. The molecule has 0 aliphatic carbocycles. The lowest BCUT2D eigenvalue weighted by Crippen LogP contribution is -2.37. The predicted molar refractivity (Wildman–Crippen MR) is 379 cm³/mol. The molecule has 0 aliphatic heterocycles. The molecule has 2 unspecified atom stereocenters. The van der Waals surface area contributed by atoms with Crippen LogP contribution in [-0.2, 0) is 32.7 Å². The quantitative estimate of drug-likeness (QED) is 0.0195. The second kappa shape index (κ2) is 68.3. The molecule has 0 aromatic carbocycles. The minimum Gasteiger partial charge on any atom is -0.756 e. The van der Waals surface area contributed by atoms with Gasteiger partial charge in [-0.2, -0.15) is 0 Å². The highest BCUT2D eigenvalue weighted by Gasteiger charge is 2.22. The molecule has 0 amide bonds. The Morgan fingerprint density at radius 3 is 0.909 bits per heavy atom. The average Bonchev–Trinajstić information content (AvgIpc) is 3.56. The van der Waals surface area contributed by atoms with E-state index in [0.717, 1.165) is 89.9 Å². The number of phosphoric acid groups is 1. The van der Waals surface area contributed by atoms with Crippen LogP contribution in [0.5, 0.6) is 0 Å². The normalized spacial score (nSPS) is 13.7. The number of hydrogen-bond acceptors (Lipinski definition) is 8. The zero-order valence-corrected chi connectivity index (χ0v) is 59.1. The van der Waals surface area contributed by atoms with Crippen molar-refractivity contribution in [3.8, 4) is 0 Å². The number of allylic oxidation sites excluding steroid dienone is 16. The smallest absolute Gasteiger partial charge is 0.306 e. The van der Waals surface area contributed by atoms with Gasteiger partial charge in [-0.3, -0.25) is 14.2 Å². The number of ether oxygens (including phenoxy) is 2. The molecule has 0 radical (unpaired) electrons. The van der Waals surface area contributed by atoms with E-state index in [0.29, 0.717) is 17.4 Å². The van der Waals surface area contributed by atoms with Crippen molar-refractivity contribution < 1.29 is 42.1 Å². The van der Waals surface area contributed by atoms with Crippen molar-refractivity contribution in [2.24, 2.45) is 0 Å². The van der Waals surface area contributed by atoms with Gasteiger partial charge >= 0.3 is 11.9 Å². The van der Waals surface area contributed by atoms with Crippen molar-refractivity contribution in [3.63, 3.8) is 0 Å². The lowest BCUT2D eigenvalue weighted by molar-refractivity contribution is -0.870. The number of nitrogens with zero attached hydrogens (tertiary/aromatic N) is 1. The molecule has 0 bridgehead atoms. The largest absolute Gasteiger partial charge is 0.756 e. The Morgan fingerprint density at radius 2 is 0.614 bits per heavy atom. The Morgan fingerprint density at radius 1 is 0.352 bits per heavy atom. The molecule has 510 valence electrons. The fraction of sp³-hybridized carbons (Fsp3) is 0.769. The van der Waals surface area contributed by atoms with Gasteiger partial charge in [-0.1, -0.05) is 329 Å². The number of phosphoric ester groups is 1. The van der Waals surface area contributed by atoms with E-state index in [1.54, 1.807) is 0 Å². The molecule has 0 aliphatic rings. The molecule has 0 spiro atoms. The molecule has 0 heterocycles. The lowest BCUT2D eigenvalue weighted by Gasteiger charge is -2.28. The standard InChI is InChI=1S/C78H140NO8P/c1-6-8-10-12-14-16-18-20-22-24-26-28-30-32-34-36-38-39-41-43-45-47-49-51-53-55-57-59-61-63-65-67-69-71-78(81)87-76(75-86-88(82,83)85-73-72-79(3,4)5)74-84-77(80)70-68-66-64-62-60-58-56-54-52-50-48-46-44-42-40-37-35-33-31-29-27-25-23-21-19-17-15-13-11-9-7-2/h8-11,14-17,20-23,26-29,76H,6-7,12-13,18-19,24-25,30-75H2,1-5H3/b10-8-,11-9-,16-14-,17-15-,22-20-,23-21-,28-26-,29-27-. The summed E-state index contributed by atoms with van der Waals surface area (Å²) >= 11 is 0. The van der Waals surface area contributed by atoms with Gasteiger partial charge in [0.15, 0.2) is 6.10 Å². The van der Waals surface area contributed by atoms with Crippen LogP contribution in [0.25, 0.3) is 0 Å². The molecule has 10 heteroatoms. The molecule has 9 nitrogen and oxygen atoms in total. The first-order valence-electron chi connectivity index (χ1n) is 36.9. The molecule has 0 saturated carbocycles. The van der Waals surface area contributed by atoms with Crippen molar-refractivity contribution >= 4 is 19.8 Å². The van der Waals surface area contributed by atoms with Crippen LogP contribution >= 0.6 is 7.82 Å². The Bertz CT molecular complexity index is 1810. The Balaban J connectivity index is 3.98. The van der Waals surface area contributed by atoms with Crippen molar-refractivity contribution in [3.05, 3.63) is 97.2 Å². The topological polar surface area (TPSA) is 111 Å². The van der Waals surface area contributed by atoms with Gasteiger partial charge in [0, 0.05) is 12.8 Å². The van der Waals surface area contributed by atoms with Crippen molar-refractivity contribution in [1.29, 1.82) is 0 Å². The number of esters is 2. The summed E-state index contributed by atoms with van der Waals surface area (Å²) in [6.07, 6.45) is 95.0. The van der Waals surface area contributed by atoms with Gasteiger partial charge in [0.05, 0.1) is 27.7 Å². The first-order valence-corrected chi connectivity index (χ1v) is 38.4. The van der Waals surface area contributed by atoms with Gasteiger partial charge < -0.3 is 27.9 Å². The highest BCUT2D eigenvalue weighted by molar-refractivity contribution is 7.45. The summed E-state index contributed by atoms with van der Waals surface area (Å²) in [5.41, 5.74) is 0. The fourth-order valence-electron chi connectivity index (χ4n) is 10.5. The highest BCUT2D eigenvalue weighted by atomic mass is 31.2. The highest BCUT2D eigenvalue weighted by Crippen LogP contribution is 2.38. The van der Waals surface area contributed by atoms with Crippen molar-refractivity contribution in [2.45, 2.75) is 341 Å². The van der Waals surface area contributed by atoms with Crippen LogP contribution in [0.3, 0.4) is 0 Å². The van der Waals surface area contributed by atoms with E-state index in [-0.39, 0.29) is 32.0 Å². The predicted octanol–water partition coefficient (Wildman–Crippen LogP) is 23.6. The molecule has 0 fully saturated rings. The first-order chi connectivity index (χ1) is 43.0. The summed E-state index contributed by atoms with van der Waals surface area (Å²) in [6, 6.07) is 0. The van der Waals surface area contributed by atoms with Crippen LogP contribution in [-0.4, -0.2) is 70.0 Å². The maximum absolute atomic E-state index is 12.9. The summed E-state index contributed by atoms with van der Waals surface area (Å²) in [7, 11) is 1.18. The van der Waals surface area contributed by atoms with E-state index >= 15 is 0 Å². The molecule has 0 rings (SSSR count). The molecule has 0 N–H and O–H groups in total. The van der Waals surface area contributed by atoms with Gasteiger partial charge in [0.1, 0.15) is 19.8 Å². The molecule has 0 saturated heterocycles. The molecule has 0 aromatic rings. The van der Waals surface area contributed by atoms with Crippen molar-refractivity contribution in [1.82, 2.24) is 0 Å². The molecule has 2 atom stereocenters. The van der Waals surface area contributed by atoms with E-state index in [2.05, 4.69) is 111 Å². The number of carbonyl (C=O) groups is 2. The second-order valence-electron chi connectivity index (χ2n) is 25.9. The van der Waals surface area contributed by atoms with Crippen molar-refractivity contribution in [2.75, 3.05) is 47.5 Å². The number of hydrogen-bond donors (Lipinski definition) is 0. The zero-order chi connectivity index (χ0) is 64.1. The summed E-state index contributed by atoms with van der Waals surface area (Å²) < 4.78 is 34.4. The minimum absolute atomic E-state index is 0.0312. The SMILES string of the molecule is CC/C=C\C/C=C\C/C=C\C/C=C\CCCCCCCCCCCCCCCCCCCCCCC(=O)OC(COC(=O)CCCCCCCCCCCCCCCCCCCC/C=C\C/C=C\C/C=C\C/C=C\CC)COP(=O)([O-])OCC[N+](C)(C)C. The van der Waals surface area contributed by atoms with Crippen LogP contribution in [0.1, 0.15) is 335 Å². The number of likely N-dealkylation sites (N-methyl/N-ethyl adjacent to an activating group) is 1. The monoisotopic (exact) mass is 1250 g/mol. The van der Waals surface area contributed by atoms with Gasteiger partial charge in [0.2, 0.25) is 0 Å². The second-order valence-corrected chi connectivity index (χ2v) is 27.3. The summed E-state index contributed by atoms with van der Waals surface area (Å²) in [6.45, 7) is 4.06. The number of quaternary nitrogens is 1. The van der Waals surface area contributed by atoms with Gasteiger partial charge in [-0.05, 0) is 89.9 Å². The molecular formula is C78H140NO8P. The third-order valence-electron chi connectivity index (χ3n) is 16.1. The van der Waals surface area contributed by atoms with Gasteiger partial charge in [-0.15, -0.1) is 0 Å². The van der Waals surface area contributed by atoms with Gasteiger partial charge in [0.25, 0.3) is 7.82 Å². The fourth-order valence-corrected chi connectivity index (χ4v) is 11.3. The van der Waals surface area contributed by atoms with Crippen LogP contribution < -0.4 is 4.89 Å². The van der Waals surface area contributed by atoms with Crippen LogP contribution in [0.4, 0.5) is 0 Å². The Hall–Kier alpha value is -3.07. The van der Waals surface area contributed by atoms with E-state index < -0.39 is 26.5 Å². The number of unbranched alkanes of at least 4 members (excludes halogenated alkanes) is 38. The van der Waals surface area contributed by atoms with E-state index in [4.69, 9.17) is 18.5 Å². The number of rotatable bonds is 68. The zero-order valence-electron chi connectivity index (χ0n) is 58.2. The molecule has 0 aromatic heterocycles. The van der Waals surface area contributed by atoms with Crippen LogP contribution in [0.15, 0.2) is 97.2 Å². The summed E-state index contributed by atoms with van der Waals surface area (Å²) in [5.74, 6) is -0.819. The average molecular weight is 1250 g/mol. The Labute approximate surface area is 544 Å². The number of carbonyl (C=O) groups excluding carboxylic acids is 2. The van der Waals surface area contributed by atoms with Crippen LogP contribution in [0, 0.1) is 0 Å². The van der Waals surface area contributed by atoms with E-state index in [1.807, 2.05) is 21.1 Å². The maximum atomic E-state index is 12.9. The third kappa shape index (κ3) is 72.0. The minimum atomic E-state index is -4.65. The van der Waals surface area contributed by atoms with Crippen LogP contribution in [0.2, 0.25) is 0 Å². The van der Waals surface area contributed by atoms with E-state index in [1.165, 1.54) is 212 Å². The lowest BCUT2D eigenvalue weighted by atomic mass is 10.0. The first kappa shape index (κ1) is 84.9. The Kier molecular flexibility index (Phi) is 65.9. The summed E-state index contributed by atoms with van der Waals surface area (Å²) in [4.78, 5) is 38.1. The third-order valence-corrected chi connectivity index (χ3v) is 17.1. The van der Waals surface area contributed by atoms with E-state index in [9.17, 15) is 19.0 Å². The summed E-state index contributed by atoms with van der Waals surface area (Å²) in [5, 5.41) is 0. The van der Waals surface area contributed by atoms with Gasteiger partial charge in [-0.25, -0.2) is 0 Å². The maximum Gasteiger partial charge on any atom is 0.306 e.